The Kier molecular flexibility index (Phi) is 2.49. The van der Waals surface area contributed by atoms with Crippen molar-refractivity contribution in [1.29, 1.82) is 0 Å². The van der Waals surface area contributed by atoms with Crippen LogP contribution in [0.1, 0.15) is 0 Å². The van der Waals surface area contributed by atoms with Crippen LogP contribution in [0, 0.1) is 0 Å². The lowest BCUT2D eigenvalue weighted by molar-refractivity contribution is -0.113. The van der Waals surface area contributed by atoms with Crippen molar-refractivity contribution >= 4 is 23.4 Å². The van der Waals surface area contributed by atoms with Crippen molar-refractivity contribution in [2.24, 2.45) is 0 Å². The fourth-order valence-electron chi connectivity index (χ4n) is 1.51. The Bertz CT molecular complexity index is 431. The second-order valence-corrected chi connectivity index (χ2v) is 4.78. The van der Waals surface area contributed by atoms with Gasteiger partial charge in [0.1, 0.15) is 18.5 Å². The van der Waals surface area contributed by atoms with Crippen LogP contribution in [0.15, 0.2) is 23.1 Å². The van der Waals surface area contributed by atoms with E-state index in [0.29, 0.717) is 12.4 Å². The molecule has 1 fully saturated rings. The zero-order valence-corrected chi connectivity index (χ0v) is 9.38. The lowest BCUT2D eigenvalue weighted by Crippen LogP contribution is -2.18. The van der Waals surface area contributed by atoms with E-state index in [1.807, 2.05) is 18.2 Å². The molecular weight excluding hydrogens is 226 g/mol. The Labute approximate surface area is 97.3 Å². The van der Waals surface area contributed by atoms with E-state index in [1.54, 1.807) is 11.8 Å². The zero-order valence-electron chi connectivity index (χ0n) is 8.56. The van der Waals surface area contributed by atoms with Gasteiger partial charge >= 0.3 is 0 Å². The third kappa shape index (κ3) is 2.15. The summed E-state index contributed by atoms with van der Waals surface area (Å²) >= 11 is 1.55. The van der Waals surface area contributed by atoms with Crippen LogP contribution in [0.2, 0.25) is 0 Å². The molecule has 4 nitrogen and oxygen atoms in total. The van der Waals surface area contributed by atoms with Crippen LogP contribution in [0.5, 0.6) is 5.75 Å². The highest BCUT2D eigenvalue weighted by molar-refractivity contribution is 8.00. The molecule has 0 spiro atoms. The minimum Gasteiger partial charge on any atom is -0.491 e. The molecule has 16 heavy (non-hydrogen) atoms. The monoisotopic (exact) mass is 237 g/mol. The molecule has 2 aliphatic heterocycles. The van der Waals surface area contributed by atoms with Gasteiger partial charge in [0.25, 0.3) is 0 Å². The zero-order chi connectivity index (χ0) is 11.0. The number of rotatable bonds is 3. The van der Waals surface area contributed by atoms with Crippen molar-refractivity contribution in [2.45, 2.75) is 11.0 Å². The first-order valence-corrected chi connectivity index (χ1v) is 6.11. The number of ether oxygens (including phenoxy) is 2. The molecular formula is C11H11NO3S. The number of nitrogens with one attached hydrogen (secondary N) is 1. The van der Waals surface area contributed by atoms with Crippen molar-refractivity contribution in [3.8, 4) is 5.75 Å². The second-order valence-electron chi connectivity index (χ2n) is 3.76. The molecule has 3 rings (SSSR count). The maximum atomic E-state index is 11.2. The highest BCUT2D eigenvalue weighted by Crippen LogP contribution is 2.34. The number of hydrogen-bond donors (Lipinski definition) is 1. The Hall–Kier alpha value is -1.20. The number of epoxide rings is 1. The summed E-state index contributed by atoms with van der Waals surface area (Å²) in [7, 11) is 0. The molecule has 84 valence electrons. The van der Waals surface area contributed by atoms with Gasteiger partial charge in [0.2, 0.25) is 5.91 Å². The quantitative estimate of drug-likeness (QED) is 0.810. The average Bonchev–Trinajstić information content (AvgIpc) is 3.09. The van der Waals surface area contributed by atoms with Gasteiger partial charge in [-0.1, -0.05) is 0 Å². The van der Waals surface area contributed by atoms with Crippen LogP contribution in [0.3, 0.4) is 0 Å². The Balaban J connectivity index is 1.74. The van der Waals surface area contributed by atoms with Crippen molar-refractivity contribution in [2.75, 3.05) is 24.3 Å². The summed E-state index contributed by atoms with van der Waals surface area (Å²) in [4.78, 5) is 12.3. The fourth-order valence-corrected chi connectivity index (χ4v) is 2.29. The number of hydrogen-bond acceptors (Lipinski definition) is 4. The molecule has 1 unspecified atom stereocenters. The number of anilines is 1. The van der Waals surface area contributed by atoms with Crippen LogP contribution in [-0.2, 0) is 9.53 Å². The Morgan fingerprint density at radius 2 is 2.44 bits per heavy atom. The molecule has 0 radical (unpaired) electrons. The first-order valence-electron chi connectivity index (χ1n) is 5.12. The van der Waals surface area contributed by atoms with Gasteiger partial charge in [-0.3, -0.25) is 4.79 Å². The predicted octanol–water partition coefficient (Wildman–Crippen LogP) is 1.51. The molecule has 0 saturated carbocycles. The summed E-state index contributed by atoms with van der Waals surface area (Å²) in [6.07, 6.45) is 0.250. The standard InChI is InChI=1S/C11H11NO3S/c13-11-6-16-10-2-1-7(3-9(10)12-11)14-4-8-5-15-8/h1-3,8H,4-6H2,(H,12,13). The maximum absolute atomic E-state index is 11.2. The first-order chi connectivity index (χ1) is 7.81. The Morgan fingerprint density at radius 1 is 1.56 bits per heavy atom. The number of carbonyl (C=O) groups is 1. The van der Waals surface area contributed by atoms with Gasteiger partial charge in [-0.2, -0.15) is 0 Å². The van der Waals surface area contributed by atoms with Gasteiger partial charge in [-0.05, 0) is 12.1 Å². The van der Waals surface area contributed by atoms with E-state index in [0.717, 1.165) is 22.9 Å². The van der Waals surface area contributed by atoms with Gasteiger partial charge in [0.05, 0.1) is 18.0 Å². The maximum Gasteiger partial charge on any atom is 0.234 e. The number of amides is 1. The molecule has 1 aromatic carbocycles. The smallest absolute Gasteiger partial charge is 0.234 e. The second kappa shape index (κ2) is 3.99. The van der Waals surface area contributed by atoms with Gasteiger partial charge in [0, 0.05) is 11.0 Å². The topological polar surface area (TPSA) is 50.9 Å². The van der Waals surface area contributed by atoms with E-state index in [2.05, 4.69) is 5.32 Å². The molecule has 1 N–H and O–H groups in total. The molecule has 5 heteroatoms. The minimum absolute atomic E-state index is 0.0418. The summed E-state index contributed by atoms with van der Waals surface area (Å²) in [5, 5.41) is 2.83. The third-order valence-corrected chi connectivity index (χ3v) is 3.50. The fraction of sp³-hybridized carbons (Fsp3) is 0.364. The molecule has 2 heterocycles. The van der Waals surface area contributed by atoms with Gasteiger partial charge in [-0.25, -0.2) is 0 Å². The number of thioether (sulfide) groups is 1. The average molecular weight is 237 g/mol. The first kappa shape index (κ1) is 9.99. The molecule has 0 bridgehead atoms. The molecule has 1 saturated heterocycles. The molecule has 2 aliphatic rings. The van der Waals surface area contributed by atoms with Gasteiger partial charge < -0.3 is 14.8 Å². The largest absolute Gasteiger partial charge is 0.491 e. The lowest BCUT2D eigenvalue weighted by atomic mass is 10.3. The van der Waals surface area contributed by atoms with E-state index in [9.17, 15) is 4.79 Å². The normalized spacial score (nSPS) is 22.2. The minimum atomic E-state index is 0.0418. The summed E-state index contributed by atoms with van der Waals surface area (Å²) in [6, 6.07) is 5.76. The molecule has 1 aromatic rings. The molecule has 0 aliphatic carbocycles. The van der Waals surface area contributed by atoms with E-state index in [-0.39, 0.29) is 12.0 Å². The SMILES string of the molecule is O=C1CSc2ccc(OCC3CO3)cc2N1. The van der Waals surface area contributed by atoms with Crippen LogP contribution in [-0.4, -0.2) is 31.0 Å². The summed E-state index contributed by atoms with van der Waals surface area (Å²) in [5.74, 6) is 1.31. The molecule has 1 amide bonds. The van der Waals surface area contributed by atoms with Crippen molar-refractivity contribution in [3.63, 3.8) is 0 Å². The number of carbonyl (C=O) groups excluding carboxylic acids is 1. The summed E-state index contributed by atoms with van der Waals surface area (Å²) in [6.45, 7) is 1.37. The number of benzene rings is 1. The van der Waals surface area contributed by atoms with E-state index in [4.69, 9.17) is 9.47 Å². The number of fused-ring (bicyclic) bond motifs is 1. The highest BCUT2D eigenvalue weighted by Gasteiger charge is 2.23. The summed E-state index contributed by atoms with van der Waals surface area (Å²) < 4.78 is 10.6. The van der Waals surface area contributed by atoms with E-state index >= 15 is 0 Å². The predicted molar refractivity (Wildman–Crippen MR) is 61.0 cm³/mol. The van der Waals surface area contributed by atoms with Crippen molar-refractivity contribution in [1.82, 2.24) is 0 Å². The lowest BCUT2D eigenvalue weighted by Gasteiger charge is -2.17. The highest BCUT2D eigenvalue weighted by atomic mass is 32.2. The Morgan fingerprint density at radius 3 is 3.25 bits per heavy atom. The molecule has 0 aromatic heterocycles. The van der Waals surface area contributed by atoms with Crippen LogP contribution in [0.4, 0.5) is 5.69 Å². The summed E-state index contributed by atoms with van der Waals surface area (Å²) in [5.41, 5.74) is 0.843. The van der Waals surface area contributed by atoms with Crippen molar-refractivity contribution < 1.29 is 14.3 Å². The van der Waals surface area contributed by atoms with Gasteiger partial charge in [-0.15, -0.1) is 11.8 Å². The van der Waals surface area contributed by atoms with Gasteiger partial charge in [0.15, 0.2) is 0 Å². The third-order valence-electron chi connectivity index (χ3n) is 2.42. The van der Waals surface area contributed by atoms with Crippen LogP contribution < -0.4 is 10.1 Å². The van der Waals surface area contributed by atoms with E-state index < -0.39 is 0 Å². The van der Waals surface area contributed by atoms with Crippen molar-refractivity contribution in [3.05, 3.63) is 18.2 Å². The molecule has 1 atom stereocenters. The van der Waals surface area contributed by atoms with E-state index in [1.165, 1.54) is 0 Å². The van der Waals surface area contributed by atoms with Crippen LogP contribution >= 0.6 is 11.8 Å². The van der Waals surface area contributed by atoms with Crippen LogP contribution in [0.25, 0.3) is 0 Å².